The van der Waals surface area contributed by atoms with Crippen molar-refractivity contribution in [2.75, 3.05) is 20.1 Å². The molecule has 0 aromatic heterocycles. The molecule has 0 amide bonds. The highest BCUT2D eigenvalue weighted by Crippen LogP contribution is 2.43. The van der Waals surface area contributed by atoms with Gasteiger partial charge in [0.1, 0.15) is 11.5 Å². The summed E-state index contributed by atoms with van der Waals surface area (Å²) < 4.78 is 6.00. The predicted octanol–water partition coefficient (Wildman–Crippen LogP) is 4.83. The summed E-state index contributed by atoms with van der Waals surface area (Å²) in [6, 6.07) is 16.2. The normalized spacial score (nSPS) is 11.8. The first-order chi connectivity index (χ1) is 12.1. The van der Waals surface area contributed by atoms with Gasteiger partial charge in [-0.15, -0.1) is 12.4 Å². The Kier molecular flexibility index (Phi) is 7.25. The van der Waals surface area contributed by atoms with E-state index in [1.807, 2.05) is 43.4 Å². The summed E-state index contributed by atoms with van der Waals surface area (Å²) in [5, 5.41) is 8.72. The number of carboxylic acids is 1. The first-order valence-electron chi connectivity index (χ1n) is 8.62. The molecule has 4 nitrogen and oxygen atoms in total. The molecule has 2 aromatic rings. The van der Waals surface area contributed by atoms with Gasteiger partial charge in [0.05, 0.1) is 0 Å². The first kappa shape index (κ1) is 20.0. The van der Waals surface area contributed by atoms with Gasteiger partial charge in [0.15, 0.2) is 0 Å². The summed E-state index contributed by atoms with van der Waals surface area (Å²) in [5.41, 5.74) is 3.45. The lowest BCUT2D eigenvalue weighted by Crippen LogP contribution is -2.21. The van der Waals surface area contributed by atoms with Crippen LogP contribution in [0, 0.1) is 0 Å². The molecule has 0 atom stereocenters. The third-order valence-electron chi connectivity index (χ3n) is 4.36. The highest BCUT2D eigenvalue weighted by molar-refractivity contribution is 5.87. The monoisotopic (exact) mass is 373 g/mol. The van der Waals surface area contributed by atoms with Crippen LogP contribution in [-0.4, -0.2) is 36.1 Å². The van der Waals surface area contributed by atoms with Gasteiger partial charge in [-0.2, -0.15) is 0 Å². The fourth-order valence-corrected chi connectivity index (χ4v) is 3.08. The van der Waals surface area contributed by atoms with E-state index < -0.39 is 5.97 Å². The first-order valence-corrected chi connectivity index (χ1v) is 8.62. The van der Waals surface area contributed by atoms with Crippen molar-refractivity contribution in [3.63, 3.8) is 0 Å². The average molecular weight is 374 g/mol. The number of halogens is 1. The molecule has 2 aromatic carbocycles. The number of aliphatic carboxylic acids is 1. The van der Waals surface area contributed by atoms with Crippen molar-refractivity contribution < 1.29 is 14.6 Å². The third-order valence-corrected chi connectivity index (χ3v) is 4.36. The van der Waals surface area contributed by atoms with E-state index in [1.54, 1.807) is 0 Å². The van der Waals surface area contributed by atoms with Gasteiger partial charge in [-0.05, 0) is 44.1 Å². The lowest BCUT2D eigenvalue weighted by Gasteiger charge is -2.23. The summed E-state index contributed by atoms with van der Waals surface area (Å²) in [4.78, 5) is 12.8. The largest absolute Gasteiger partial charge is 0.481 e. The van der Waals surface area contributed by atoms with Crippen molar-refractivity contribution in [2.24, 2.45) is 0 Å². The molecule has 1 aliphatic rings. The Morgan fingerprint density at radius 3 is 2.19 bits per heavy atom. The van der Waals surface area contributed by atoms with Crippen molar-refractivity contribution in [3.05, 3.63) is 65.7 Å². The summed E-state index contributed by atoms with van der Waals surface area (Å²) in [6.07, 6.45) is 4.07. The fraction of sp³-hybridized carbons (Fsp3) is 0.286. The van der Waals surface area contributed by atoms with Crippen LogP contribution in [0.5, 0.6) is 11.5 Å². The molecule has 1 N–H and O–H groups in total. The Labute approximate surface area is 160 Å². The van der Waals surface area contributed by atoms with Crippen LogP contribution in [-0.2, 0) is 4.79 Å². The molecule has 0 saturated carbocycles. The number of hydrogen-bond donors (Lipinski definition) is 1. The molecule has 138 valence electrons. The Bertz CT molecular complexity index is 741. The minimum absolute atomic E-state index is 0. The zero-order valence-electron chi connectivity index (χ0n) is 14.9. The van der Waals surface area contributed by atoms with Crippen LogP contribution in [0.3, 0.4) is 0 Å². The second-order valence-electron chi connectivity index (χ2n) is 6.30. The Morgan fingerprint density at radius 2 is 1.62 bits per heavy atom. The molecule has 1 heterocycles. The highest BCUT2D eigenvalue weighted by Gasteiger charge is 2.20. The van der Waals surface area contributed by atoms with Gasteiger partial charge >= 0.3 is 5.97 Å². The molecule has 0 radical (unpaired) electrons. The summed E-state index contributed by atoms with van der Waals surface area (Å²) >= 11 is 0. The SMILES string of the molecule is CN(CCC=C1c2ccccc2Oc2ccccc21)CCCC(=O)O.Cl. The summed E-state index contributed by atoms with van der Waals surface area (Å²) in [7, 11) is 2.03. The van der Waals surface area contributed by atoms with Gasteiger partial charge in [0.2, 0.25) is 0 Å². The van der Waals surface area contributed by atoms with Crippen LogP contribution in [0.15, 0.2) is 54.6 Å². The Morgan fingerprint density at radius 1 is 1.04 bits per heavy atom. The van der Waals surface area contributed by atoms with Gasteiger partial charge in [-0.25, -0.2) is 0 Å². The molecule has 0 saturated heterocycles. The summed E-state index contributed by atoms with van der Waals surface area (Å²) in [5.74, 6) is 1.05. The topological polar surface area (TPSA) is 49.8 Å². The maximum Gasteiger partial charge on any atom is 0.303 e. The van der Waals surface area contributed by atoms with Gasteiger partial charge in [-0.1, -0.05) is 42.5 Å². The number of rotatable bonds is 7. The van der Waals surface area contributed by atoms with E-state index in [2.05, 4.69) is 23.1 Å². The number of hydrogen-bond acceptors (Lipinski definition) is 3. The standard InChI is InChI=1S/C21H23NO3.ClH/c1-22(15-7-13-21(23)24)14-6-10-16-17-8-2-4-11-19(17)25-20-12-5-3-9-18(16)20;/h2-5,8-12H,6-7,13-15H2,1H3,(H,23,24);1H. The van der Waals surface area contributed by atoms with E-state index in [9.17, 15) is 4.79 Å². The van der Waals surface area contributed by atoms with Crippen LogP contribution in [0.25, 0.3) is 5.57 Å². The van der Waals surface area contributed by atoms with E-state index in [4.69, 9.17) is 9.84 Å². The van der Waals surface area contributed by atoms with E-state index in [0.29, 0.717) is 6.42 Å². The summed E-state index contributed by atoms with van der Waals surface area (Å²) in [6.45, 7) is 1.69. The minimum atomic E-state index is -0.731. The van der Waals surface area contributed by atoms with Gasteiger partial charge < -0.3 is 14.7 Å². The van der Waals surface area contributed by atoms with Crippen molar-refractivity contribution >= 4 is 23.9 Å². The van der Waals surface area contributed by atoms with Gasteiger partial charge in [0, 0.05) is 24.1 Å². The molecule has 0 fully saturated rings. The second-order valence-corrected chi connectivity index (χ2v) is 6.30. The Hall–Kier alpha value is -2.30. The maximum atomic E-state index is 10.6. The zero-order valence-corrected chi connectivity index (χ0v) is 15.7. The van der Waals surface area contributed by atoms with Crippen molar-refractivity contribution in [1.82, 2.24) is 4.90 Å². The van der Waals surface area contributed by atoms with E-state index in [1.165, 1.54) is 5.57 Å². The lowest BCUT2D eigenvalue weighted by atomic mass is 9.93. The number of carbonyl (C=O) groups is 1. The van der Waals surface area contributed by atoms with E-state index >= 15 is 0 Å². The molecule has 26 heavy (non-hydrogen) atoms. The smallest absolute Gasteiger partial charge is 0.303 e. The molecular weight excluding hydrogens is 350 g/mol. The van der Waals surface area contributed by atoms with E-state index in [0.717, 1.165) is 42.1 Å². The minimum Gasteiger partial charge on any atom is -0.481 e. The second kappa shape index (κ2) is 9.41. The van der Waals surface area contributed by atoms with Crippen LogP contribution in [0.1, 0.15) is 30.4 Å². The molecule has 1 aliphatic heterocycles. The van der Waals surface area contributed by atoms with Crippen LogP contribution < -0.4 is 4.74 Å². The Balaban J connectivity index is 0.00000243. The molecule has 3 rings (SSSR count). The molecule has 0 spiro atoms. The quantitative estimate of drug-likeness (QED) is 0.644. The number of carboxylic acid groups (broad SMARTS) is 1. The maximum absolute atomic E-state index is 10.6. The molecule has 0 bridgehead atoms. The number of para-hydroxylation sites is 2. The molecule has 0 aliphatic carbocycles. The van der Waals surface area contributed by atoms with Crippen molar-refractivity contribution in [2.45, 2.75) is 19.3 Å². The number of fused-ring (bicyclic) bond motifs is 2. The highest BCUT2D eigenvalue weighted by atomic mass is 35.5. The van der Waals surface area contributed by atoms with Crippen molar-refractivity contribution in [1.29, 1.82) is 0 Å². The van der Waals surface area contributed by atoms with E-state index in [-0.39, 0.29) is 18.8 Å². The molecule has 5 heteroatoms. The number of ether oxygens (including phenoxy) is 1. The fourth-order valence-electron chi connectivity index (χ4n) is 3.08. The van der Waals surface area contributed by atoms with Crippen LogP contribution in [0.2, 0.25) is 0 Å². The number of benzene rings is 2. The predicted molar refractivity (Wildman–Crippen MR) is 106 cm³/mol. The van der Waals surface area contributed by atoms with Crippen LogP contribution >= 0.6 is 12.4 Å². The zero-order chi connectivity index (χ0) is 17.6. The van der Waals surface area contributed by atoms with Gasteiger partial charge in [0.25, 0.3) is 0 Å². The molecular formula is C21H24ClNO3. The van der Waals surface area contributed by atoms with Crippen molar-refractivity contribution in [3.8, 4) is 11.5 Å². The average Bonchev–Trinajstić information content (AvgIpc) is 2.60. The third kappa shape index (κ3) is 4.87. The van der Waals surface area contributed by atoms with Crippen LogP contribution in [0.4, 0.5) is 0 Å². The molecule has 0 unspecified atom stereocenters. The van der Waals surface area contributed by atoms with Gasteiger partial charge in [-0.3, -0.25) is 4.79 Å². The lowest BCUT2D eigenvalue weighted by molar-refractivity contribution is -0.137. The number of nitrogens with zero attached hydrogens (tertiary/aromatic N) is 1.